The molecule has 3 aromatic heterocycles. The standard InChI is InChI=1S/C18H25N7/c1-4-10-24(5-2)17-20-16(13-7-6-11-25(13)23-17)19-15-12-14(21-22-15)18(3)8-9-18/h6-7,11-12H,4-5,8-10H2,1-3H3,(H2,19,20,21,22,23). The monoisotopic (exact) mass is 339 g/mol. The number of nitrogens with zero attached hydrogens (tertiary/aromatic N) is 5. The van der Waals surface area contributed by atoms with Crippen LogP contribution < -0.4 is 10.2 Å². The lowest BCUT2D eigenvalue weighted by Gasteiger charge is -2.20. The van der Waals surface area contributed by atoms with Crippen LogP contribution in [-0.2, 0) is 5.41 Å². The molecule has 25 heavy (non-hydrogen) atoms. The van der Waals surface area contributed by atoms with Gasteiger partial charge >= 0.3 is 0 Å². The Kier molecular flexibility index (Phi) is 3.86. The van der Waals surface area contributed by atoms with Gasteiger partial charge in [-0.1, -0.05) is 13.8 Å². The maximum Gasteiger partial charge on any atom is 0.245 e. The van der Waals surface area contributed by atoms with Crippen LogP contribution in [0.5, 0.6) is 0 Å². The van der Waals surface area contributed by atoms with Crippen LogP contribution in [0.3, 0.4) is 0 Å². The third-order valence-electron chi connectivity index (χ3n) is 5.01. The van der Waals surface area contributed by atoms with Crippen molar-refractivity contribution in [2.75, 3.05) is 23.3 Å². The molecule has 0 aromatic carbocycles. The highest BCUT2D eigenvalue weighted by Gasteiger charge is 2.40. The largest absolute Gasteiger partial charge is 0.340 e. The molecule has 4 rings (SSSR count). The van der Waals surface area contributed by atoms with Crippen molar-refractivity contribution in [2.24, 2.45) is 0 Å². The van der Waals surface area contributed by atoms with Gasteiger partial charge in [0.1, 0.15) is 5.52 Å². The molecule has 3 aromatic rings. The van der Waals surface area contributed by atoms with Crippen molar-refractivity contribution < 1.29 is 0 Å². The van der Waals surface area contributed by atoms with Gasteiger partial charge in [-0.3, -0.25) is 5.10 Å². The van der Waals surface area contributed by atoms with Crippen LogP contribution in [0, 0.1) is 0 Å². The van der Waals surface area contributed by atoms with Gasteiger partial charge in [0.2, 0.25) is 5.95 Å². The fourth-order valence-electron chi connectivity index (χ4n) is 3.09. The van der Waals surface area contributed by atoms with E-state index in [1.54, 1.807) is 0 Å². The molecule has 0 unspecified atom stereocenters. The summed E-state index contributed by atoms with van der Waals surface area (Å²) in [6.07, 6.45) is 5.45. The van der Waals surface area contributed by atoms with Crippen molar-refractivity contribution in [3.63, 3.8) is 0 Å². The predicted molar refractivity (Wildman–Crippen MR) is 99.6 cm³/mol. The summed E-state index contributed by atoms with van der Waals surface area (Å²) < 4.78 is 1.87. The minimum Gasteiger partial charge on any atom is -0.340 e. The van der Waals surface area contributed by atoms with Crippen molar-refractivity contribution >= 4 is 23.1 Å². The van der Waals surface area contributed by atoms with Gasteiger partial charge in [-0.25, -0.2) is 4.52 Å². The molecule has 0 atom stereocenters. The van der Waals surface area contributed by atoms with Gasteiger partial charge in [0.15, 0.2) is 11.6 Å². The summed E-state index contributed by atoms with van der Waals surface area (Å²) in [6.45, 7) is 8.38. The number of rotatable bonds is 7. The molecule has 0 spiro atoms. The van der Waals surface area contributed by atoms with Crippen LogP contribution in [0.4, 0.5) is 17.6 Å². The van der Waals surface area contributed by atoms with Crippen molar-refractivity contribution in [1.29, 1.82) is 0 Å². The van der Waals surface area contributed by atoms with Crippen molar-refractivity contribution in [3.05, 3.63) is 30.1 Å². The first-order chi connectivity index (χ1) is 12.1. The molecule has 1 aliphatic carbocycles. The number of anilines is 3. The molecule has 1 saturated carbocycles. The fourth-order valence-corrected chi connectivity index (χ4v) is 3.09. The van der Waals surface area contributed by atoms with Gasteiger partial charge in [-0.15, -0.1) is 5.10 Å². The molecule has 1 fully saturated rings. The van der Waals surface area contributed by atoms with Gasteiger partial charge in [-0.05, 0) is 38.3 Å². The summed E-state index contributed by atoms with van der Waals surface area (Å²) in [5, 5.41) is 15.6. The number of fused-ring (bicyclic) bond motifs is 1. The van der Waals surface area contributed by atoms with Crippen LogP contribution in [0.1, 0.15) is 45.7 Å². The van der Waals surface area contributed by atoms with Crippen LogP contribution in [0.2, 0.25) is 0 Å². The Bertz CT molecular complexity index is 875. The van der Waals surface area contributed by atoms with Gasteiger partial charge in [0, 0.05) is 36.5 Å². The Morgan fingerprint density at radius 1 is 1.36 bits per heavy atom. The van der Waals surface area contributed by atoms with Crippen LogP contribution >= 0.6 is 0 Å². The molecule has 0 amide bonds. The second kappa shape index (κ2) is 6.06. The van der Waals surface area contributed by atoms with E-state index in [2.05, 4.69) is 52.4 Å². The Hall–Kier alpha value is -2.57. The SMILES string of the molecule is CCCN(CC)c1nc(Nc2cc(C3(C)CC3)[nH]n2)c2cccn2n1. The average molecular weight is 339 g/mol. The Morgan fingerprint density at radius 3 is 2.92 bits per heavy atom. The molecule has 0 bridgehead atoms. The number of H-pyrrole nitrogens is 1. The van der Waals surface area contributed by atoms with Gasteiger partial charge in [-0.2, -0.15) is 10.1 Å². The number of aromatic nitrogens is 5. The van der Waals surface area contributed by atoms with E-state index in [1.165, 1.54) is 18.5 Å². The summed E-state index contributed by atoms with van der Waals surface area (Å²) in [6, 6.07) is 6.09. The molecular formula is C18H25N7. The molecule has 3 heterocycles. The number of aromatic amines is 1. The maximum atomic E-state index is 4.77. The minimum atomic E-state index is 0.272. The molecule has 1 aliphatic rings. The van der Waals surface area contributed by atoms with Crippen LogP contribution in [0.15, 0.2) is 24.4 Å². The van der Waals surface area contributed by atoms with Gasteiger partial charge in [0.05, 0.1) is 0 Å². The normalized spacial score (nSPS) is 15.5. The van der Waals surface area contributed by atoms with Gasteiger partial charge < -0.3 is 10.2 Å². The quantitative estimate of drug-likeness (QED) is 0.689. The van der Waals surface area contributed by atoms with Crippen LogP contribution in [-0.4, -0.2) is 37.9 Å². The number of nitrogens with one attached hydrogen (secondary N) is 2. The van der Waals surface area contributed by atoms with Crippen molar-refractivity contribution in [2.45, 2.75) is 45.4 Å². The Balaban J connectivity index is 1.67. The molecule has 2 N–H and O–H groups in total. The summed E-state index contributed by atoms with van der Waals surface area (Å²) in [4.78, 5) is 6.96. The Labute approximate surface area is 147 Å². The predicted octanol–water partition coefficient (Wildman–Crippen LogP) is 3.48. The highest BCUT2D eigenvalue weighted by Crippen LogP contribution is 2.47. The zero-order valence-corrected chi connectivity index (χ0v) is 15.1. The van der Waals surface area contributed by atoms with E-state index in [-0.39, 0.29) is 5.41 Å². The highest BCUT2D eigenvalue weighted by atomic mass is 15.4. The number of hydrogen-bond acceptors (Lipinski definition) is 5. The van der Waals surface area contributed by atoms with E-state index in [9.17, 15) is 0 Å². The number of hydrogen-bond donors (Lipinski definition) is 2. The maximum absolute atomic E-state index is 4.77. The smallest absolute Gasteiger partial charge is 0.245 e. The molecule has 0 radical (unpaired) electrons. The molecular weight excluding hydrogens is 314 g/mol. The van der Waals surface area contributed by atoms with E-state index in [1.807, 2.05) is 22.8 Å². The topological polar surface area (TPSA) is 74.1 Å². The lowest BCUT2D eigenvalue weighted by molar-refractivity contribution is 0.739. The lowest BCUT2D eigenvalue weighted by Crippen LogP contribution is -2.26. The molecule has 0 saturated heterocycles. The third kappa shape index (κ3) is 2.94. The minimum absolute atomic E-state index is 0.272. The zero-order valence-electron chi connectivity index (χ0n) is 15.1. The molecule has 0 aliphatic heterocycles. The summed E-state index contributed by atoms with van der Waals surface area (Å²) >= 11 is 0. The highest BCUT2D eigenvalue weighted by molar-refractivity contribution is 5.73. The van der Waals surface area contributed by atoms with E-state index >= 15 is 0 Å². The lowest BCUT2D eigenvalue weighted by atomic mass is 10.1. The summed E-state index contributed by atoms with van der Waals surface area (Å²) in [5.74, 6) is 2.32. The summed E-state index contributed by atoms with van der Waals surface area (Å²) in [5.41, 5.74) is 2.41. The van der Waals surface area contributed by atoms with Crippen molar-refractivity contribution in [3.8, 4) is 0 Å². The van der Waals surface area contributed by atoms with Gasteiger partial charge in [0.25, 0.3) is 0 Å². The first-order valence-electron chi connectivity index (χ1n) is 9.06. The van der Waals surface area contributed by atoms with E-state index in [0.717, 1.165) is 42.6 Å². The summed E-state index contributed by atoms with van der Waals surface area (Å²) in [7, 11) is 0. The van der Waals surface area contributed by atoms with Crippen LogP contribution in [0.25, 0.3) is 5.52 Å². The fraction of sp³-hybridized carbons (Fsp3) is 0.500. The third-order valence-corrected chi connectivity index (χ3v) is 5.01. The first kappa shape index (κ1) is 15.9. The molecule has 132 valence electrons. The van der Waals surface area contributed by atoms with Crippen molar-refractivity contribution in [1.82, 2.24) is 24.8 Å². The van der Waals surface area contributed by atoms with E-state index < -0.39 is 0 Å². The van der Waals surface area contributed by atoms with E-state index in [0.29, 0.717) is 0 Å². The zero-order chi connectivity index (χ0) is 17.4. The first-order valence-corrected chi connectivity index (χ1v) is 9.06. The Morgan fingerprint density at radius 2 is 2.20 bits per heavy atom. The second-order valence-electron chi connectivity index (χ2n) is 7.03. The molecule has 7 nitrogen and oxygen atoms in total. The average Bonchev–Trinajstić information content (AvgIpc) is 3.04. The molecule has 7 heteroatoms. The van der Waals surface area contributed by atoms with E-state index in [4.69, 9.17) is 4.98 Å². The second-order valence-corrected chi connectivity index (χ2v) is 7.03.